The van der Waals surface area contributed by atoms with Crippen LogP contribution in [0.1, 0.15) is 15.9 Å². The molecule has 0 saturated carbocycles. The fraction of sp³-hybridized carbons (Fsp3) is 0.500. The Balaban J connectivity index is 2.54. The second-order valence-corrected chi connectivity index (χ2v) is 9.85. The van der Waals surface area contributed by atoms with Crippen molar-refractivity contribution in [2.45, 2.75) is 24.0 Å². The largest absolute Gasteiger partial charge is 0.478 e. The molecule has 1 aliphatic rings. The van der Waals surface area contributed by atoms with Crippen LogP contribution >= 0.6 is 0 Å². The van der Waals surface area contributed by atoms with Crippen LogP contribution in [0.3, 0.4) is 0 Å². The summed E-state index contributed by atoms with van der Waals surface area (Å²) in [7, 11) is -7.94. The smallest absolute Gasteiger partial charge is 0.335 e. The normalized spacial score (nSPS) is 23.0. The van der Waals surface area contributed by atoms with Crippen molar-refractivity contribution in [1.29, 1.82) is 0 Å². The SMILES string of the molecule is Cc1ccc(C(=O)O)cc1S(=O)(=O)N(CCO)[C@H]1CS(=O)(=O)C[C@@H]1O. The van der Waals surface area contributed by atoms with Gasteiger partial charge in [-0.1, -0.05) is 6.07 Å². The maximum atomic E-state index is 13.0. The molecular weight excluding hydrogens is 374 g/mol. The van der Waals surface area contributed by atoms with Crippen LogP contribution in [0.2, 0.25) is 0 Å². The van der Waals surface area contributed by atoms with Gasteiger partial charge in [0.2, 0.25) is 10.0 Å². The van der Waals surface area contributed by atoms with E-state index in [0.717, 1.165) is 10.4 Å². The summed E-state index contributed by atoms with van der Waals surface area (Å²) >= 11 is 0. The standard InChI is InChI=1S/C14H19NO8S2/c1-9-2-3-10(14(18)19)6-13(9)25(22,23)15(4-5-16)11-7-24(20,21)8-12(11)17/h2-3,6,11-12,16-17H,4-5,7-8H2,1H3,(H,18,19)/t11-,12-/m0/s1. The number of hydrogen-bond acceptors (Lipinski definition) is 7. The number of sulfonamides is 1. The lowest BCUT2D eigenvalue weighted by atomic mass is 10.1. The lowest BCUT2D eigenvalue weighted by molar-refractivity contribution is 0.0696. The number of carboxylic acid groups (broad SMARTS) is 1. The molecular formula is C14H19NO8S2. The molecule has 0 aliphatic carbocycles. The molecule has 2 rings (SSSR count). The number of aliphatic hydroxyl groups is 2. The average Bonchev–Trinajstić information content (AvgIpc) is 2.77. The fourth-order valence-corrected chi connectivity index (χ4v) is 6.58. The number of hydrogen-bond donors (Lipinski definition) is 3. The minimum Gasteiger partial charge on any atom is -0.478 e. The summed E-state index contributed by atoms with van der Waals surface area (Å²) in [5, 5.41) is 28.2. The van der Waals surface area contributed by atoms with Gasteiger partial charge < -0.3 is 15.3 Å². The van der Waals surface area contributed by atoms with Crippen LogP contribution < -0.4 is 0 Å². The Kier molecular flexibility index (Phi) is 5.54. The van der Waals surface area contributed by atoms with Crippen molar-refractivity contribution >= 4 is 25.8 Å². The zero-order valence-electron chi connectivity index (χ0n) is 13.4. The monoisotopic (exact) mass is 393 g/mol. The van der Waals surface area contributed by atoms with Gasteiger partial charge in [-0.3, -0.25) is 0 Å². The van der Waals surface area contributed by atoms with Crippen LogP contribution in [0.25, 0.3) is 0 Å². The number of carbonyl (C=O) groups is 1. The summed E-state index contributed by atoms with van der Waals surface area (Å²) in [5.74, 6) is -2.44. The number of benzene rings is 1. The van der Waals surface area contributed by atoms with E-state index in [2.05, 4.69) is 0 Å². The predicted octanol–water partition coefficient (Wildman–Crippen LogP) is -1.17. The van der Waals surface area contributed by atoms with Crippen LogP contribution in [-0.2, 0) is 19.9 Å². The molecule has 0 spiro atoms. The van der Waals surface area contributed by atoms with E-state index < -0.39 is 62.6 Å². The number of rotatable bonds is 6. The molecule has 2 atom stereocenters. The van der Waals surface area contributed by atoms with Gasteiger partial charge in [-0.05, 0) is 24.6 Å². The van der Waals surface area contributed by atoms with Gasteiger partial charge in [-0.25, -0.2) is 21.6 Å². The molecule has 0 unspecified atom stereocenters. The Labute approximate surface area is 145 Å². The predicted molar refractivity (Wildman–Crippen MR) is 87.6 cm³/mol. The quantitative estimate of drug-likeness (QED) is 0.547. The number of aromatic carboxylic acids is 1. The molecule has 11 heteroatoms. The minimum absolute atomic E-state index is 0.243. The topological polar surface area (TPSA) is 149 Å². The second-order valence-electron chi connectivity index (χ2n) is 5.84. The van der Waals surface area contributed by atoms with Gasteiger partial charge in [0.25, 0.3) is 0 Å². The molecule has 0 bridgehead atoms. The molecule has 25 heavy (non-hydrogen) atoms. The zero-order valence-corrected chi connectivity index (χ0v) is 15.0. The summed E-state index contributed by atoms with van der Waals surface area (Å²) < 4.78 is 50.1. The first-order valence-corrected chi connectivity index (χ1v) is 10.6. The summed E-state index contributed by atoms with van der Waals surface area (Å²) in [5.41, 5.74) is 0.0241. The molecule has 1 aromatic carbocycles. The number of nitrogens with zero attached hydrogens (tertiary/aromatic N) is 1. The summed E-state index contributed by atoms with van der Waals surface area (Å²) in [4.78, 5) is 10.8. The summed E-state index contributed by atoms with van der Waals surface area (Å²) in [6, 6.07) is 2.32. The molecule has 0 aromatic heterocycles. The number of carboxylic acids is 1. The van der Waals surface area contributed by atoms with Crippen molar-refractivity contribution in [3.63, 3.8) is 0 Å². The molecule has 1 aliphatic heterocycles. The van der Waals surface area contributed by atoms with Crippen molar-refractivity contribution in [2.24, 2.45) is 0 Å². The Morgan fingerprint density at radius 3 is 2.44 bits per heavy atom. The van der Waals surface area contributed by atoms with Gasteiger partial charge in [0.05, 0.1) is 40.7 Å². The molecule has 1 fully saturated rings. The highest BCUT2D eigenvalue weighted by molar-refractivity contribution is 7.92. The Morgan fingerprint density at radius 1 is 1.32 bits per heavy atom. The Bertz CT molecular complexity index is 878. The molecule has 9 nitrogen and oxygen atoms in total. The summed E-state index contributed by atoms with van der Waals surface area (Å²) in [6.07, 6.45) is -1.42. The van der Waals surface area contributed by atoms with Crippen LogP contribution in [0.5, 0.6) is 0 Å². The van der Waals surface area contributed by atoms with E-state index in [9.17, 15) is 31.8 Å². The molecule has 1 aromatic rings. The third kappa shape index (κ3) is 4.01. The molecule has 140 valence electrons. The number of aryl methyl sites for hydroxylation is 1. The first-order chi connectivity index (χ1) is 11.5. The highest BCUT2D eigenvalue weighted by Crippen LogP contribution is 2.27. The molecule has 0 amide bonds. The molecule has 1 heterocycles. The summed E-state index contributed by atoms with van der Waals surface area (Å²) in [6.45, 7) is 0.466. The third-order valence-corrected chi connectivity index (χ3v) is 7.77. The highest BCUT2D eigenvalue weighted by atomic mass is 32.2. The average molecular weight is 393 g/mol. The van der Waals surface area contributed by atoms with Crippen molar-refractivity contribution in [2.75, 3.05) is 24.7 Å². The van der Waals surface area contributed by atoms with E-state index in [-0.39, 0.29) is 16.0 Å². The fourth-order valence-electron chi connectivity index (χ4n) is 2.79. The van der Waals surface area contributed by atoms with Crippen LogP contribution in [0, 0.1) is 6.92 Å². The first kappa shape index (κ1) is 19.8. The Morgan fingerprint density at radius 2 is 1.96 bits per heavy atom. The number of sulfone groups is 1. The Hall–Kier alpha value is -1.53. The zero-order chi connectivity index (χ0) is 19.0. The van der Waals surface area contributed by atoms with E-state index >= 15 is 0 Å². The maximum absolute atomic E-state index is 13.0. The van der Waals surface area contributed by atoms with Crippen LogP contribution in [0.4, 0.5) is 0 Å². The van der Waals surface area contributed by atoms with E-state index in [1.807, 2.05) is 0 Å². The molecule has 1 saturated heterocycles. The van der Waals surface area contributed by atoms with E-state index in [1.165, 1.54) is 19.1 Å². The third-order valence-electron chi connectivity index (χ3n) is 4.01. The number of aliphatic hydroxyl groups excluding tert-OH is 2. The van der Waals surface area contributed by atoms with Gasteiger partial charge >= 0.3 is 5.97 Å². The van der Waals surface area contributed by atoms with E-state index in [4.69, 9.17) is 5.11 Å². The van der Waals surface area contributed by atoms with Gasteiger partial charge in [0.15, 0.2) is 9.84 Å². The first-order valence-electron chi connectivity index (χ1n) is 7.35. The molecule has 3 N–H and O–H groups in total. The minimum atomic E-state index is -4.33. The van der Waals surface area contributed by atoms with Crippen molar-refractivity contribution in [1.82, 2.24) is 4.31 Å². The maximum Gasteiger partial charge on any atom is 0.335 e. The van der Waals surface area contributed by atoms with Crippen molar-refractivity contribution < 1.29 is 36.9 Å². The second kappa shape index (κ2) is 7.00. The van der Waals surface area contributed by atoms with Crippen molar-refractivity contribution in [3.05, 3.63) is 29.3 Å². The van der Waals surface area contributed by atoms with Gasteiger partial charge in [0, 0.05) is 6.54 Å². The van der Waals surface area contributed by atoms with Crippen molar-refractivity contribution in [3.8, 4) is 0 Å². The van der Waals surface area contributed by atoms with Gasteiger partial charge in [-0.15, -0.1) is 0 Å². The lowest BCUT2D eigenvalue weighted by Crippen LogP contribution is -2.48. The van der Waals surface area contributed by atoms with Gasteiger partial charge in [0.1, 0.15) is 0 Å². The highest BCUT2D eigenvalue weighted by Gasteiger charge is 2.44. The van der Waals surface area contributed by atoms with Gasteiger partial charge in [-0.2, -0.15) is 4.31 Å². The van der Waals surface area contributed by atoms with E-state index in [0.29, 0.717) is 0 Å². The van der Waals surface area contributed by atoms with Crippen LogP contribution in [0.15, 0.2) is 23.1 Å². The van der Waals surface area contributed by atoms with Crippen LogP contribution in [-0.4, -0.2) is 79.2 Å². The molecule has 0 radical (unpaired) electrons. The lowest BCUT2D eigenvalue weighted by Gasteiger charge is -2.29. The van der Waals surface area contributed by atoms with E-state index in [1.54, 1.807) is 0 Å².